The van der Waals surface area contributed by atoms with Crippen LogP contribution in [0.2, 0.25) is 0 Å². The lowest BCUT2D eigenvalue weighted by molar-refractivity contribution is 0.164. The van der Waals surface area contributed by atoms with Crippen LogP contribution in [0, 0.1) is 6.92 Å². The number of aromatic nitrogens is 2. The van der Waals surface area contributed by atoms with Crippen LogP contribution in [0.15, 0.2) is 65.8 Å². The Labute approximate surface area is 164 Å². The minimum atomic E-state index is -0.0492. The van der Waals surface area contributed by atoms with Gasteiger partial charge in [0.2, 0.25) is 0 Å². The van der Waals surface area contributed by atoms with Crippen molar-refractivity contribution >= 4 is 11.7 Å². The van der Waals surface area contributed by atoms with E-state index in [1.165, 1.54) is 5.56 Å². The second-order valence-corrected chi connectivity index (χ2v) is 6.95. The van der Waals surface area contributed by atoms with E-state index in [0.29, 0.717) is 6.54 Å². The summed E-state index contributed by atoms with van der Waals surface area (Å²) in [5.74, 6) is 2.50. The zero-order chi connectivity index (χ0) is 19.3. The normalized spacial score (nSPS) is 17.3. The number of rotatable bonds is 8. The van der Waals surface area contributed by atoms with Crippen LogP contribution in [-0.2, 0) is 6.42 Å². The van der Waals surface area contributed by atoms with Gasteiger partial charge in [0.05, 0.1) is 12.8 Å². The third kappa shape index (κ3) is 4.30. The van der Waals surface area contributed by atoms with Crippen LogP contribution in [0.1, 0.15) is 17.7 Å². The SMILES string of the molecule is Cc1cc(NC2=CN(N[C@@H](CO)CCc3ccccc3)CC3=NC=C[N+]23)n[nH]1. The molecule has 0 aliphatic carbocycles. The highest BCUT2D eigenvalue weighted by Gasteiger charge is 2.37. The van der Waals surface area contributed by atoms with Crippen molar-refractivity contribution in [1.29, 1.82) is 0 Å². The molecule has 28 heavy (non-hydrogen) atoms. The maximum Gasteiger partial charge on any atom is 0.285 e. The number of aliphatic hydroxyl groups is 1. The molecule has 0 saturated heterocycles. The highest BCUT2D eigenvalue weighted by molar-refractivity contribution is 5.93. The molecule has 0 unspecified atom stereocenters. The first kappa shape index (κ1) is 18.4. The molecule has 1 atom stereocenters. The van der Waals surface area contributed by atoms with Crippen molar-refractivity contribution in [2.24, 2.45) is 4.99 Å². The molecule has 1 aromatic heterocycles. The summed E-state index contributed by atoms with van der Waals surface area (Å²) in [6.07, 6.45) is 7.42. The van der Waals surface area contributed by atoms with E-state index in [0.717, 1.165) is 36.0 Å². The summed E-state index contributed by atoms with van der Waals surface area (Å²) >= 11 is 0. The summed E-state index contributed by atoms with van der Waals surface area (Å²) < 4.78 is 0. The first-order valence-electron chi connectivity index (χ1n) is 9.42. The Hall–Kier alpha value is -2.94. The van der Waals surface area contributed by atoms with Gasteiger partial charge in [-0.3, -0.25) is 15.4 Å². The van der Waals surface area contributed by atoms with E-state index in [1.807, 2.05) is 53.5 Å². The summed E-state index contributed by atoms with van der Waals surface area (Å²) in [7, 11) is 0. The Kier molecular flexibility index (Phi) is 5.52. The Balaban J connectivity index is 1.43. The lowest BCUT2D eigenvalue weighted by atomic mass is 10.1. The van der Waals surface area contributed by atoms with Gasteiger partial charge in [-0.15, -0.1) is 0 Å². The number of fused-ring (bicyclic) bond motifs is 1. The first-order valence-corrected chi connectivity index (χ1v) is 9.42. The zero-order valence-electron chi connectivity index (χ0n) is 15.8. The summed E-state index contributed by atoms with van der Waals surface area (Å²) in [5.41, 5.74) is 5.67. The van der Waals surface area contributed by atoms with E-state index >= 15 is 0 Å². The highest BCUT2D eigenvalue weighted by Crippen LogP contribution is 2.18. The summed E-state index contributed by atoms with van der Waals surface area (Å²) in [4.78, 5) is 6.44. The van der Waals surface area contributed by atoms with Crippen LogP contribution in [0.3, 0.4) is 0 Å². The summed E-state index contributed by atoms with van der Waals surface area (Å²) in [6.45, 7) is 2.63. The molecule has 2 aliphatic rings. The number of aromatic amines is 1. The van der Waals surface area contributed by atoms with E-state index < -0.39 is 0 Å². The number of nitrogens with zero attached hydrogens (tertiary/aromatic N) is 4. The smallest absolute Gasteiger partial charge is 0.285 e. The van der Waals surface area contributed by atoms with Crippen molar-refractivity contribution in [3.05, 3.63) is 72.1 Å². The average Bonchev–Trinajstić information content (AvgIpc) is 3.35. The fourth-order valence-electron chi connectivity index (χ4n) is 3.28. The van der Waals surface area contributed by atoms with E-state index in [4.69, 9.17) is 0 Å². The zero-order valence-corrected chi connectivity index (χ0v) is 15.8. The van der Waals surface area contributed by atoms with Gasteiger partial charge in [-0.1, -0.05) is 30.3 Å². The number of hydrazine groups is 1. The summed E-state index contributed by atoms with van der Waals surface area (Å²) in [5, 5.41) is 22.3. The van der Waals surface area contributed by atoms with Crippen LogP contribution in [-0.4, -0.2) is 45.3 Å². The Morgan fingerprint density at radius 2 is 2.18 bits per heavy atom. The molecule has 2 aliphatic heterocycles. The first-order chi connectivity index (χ1) is 13.7. The van der Waals surface area contributed by atoms with E-state index in [1.54, 1.807) is 6.20 Å². The van der Waals surface area contributed by atoms with Crippen molar-refractivity contribution < 1.29 is 5.11 Å². The van der Waals surface area contributed by atoms with Gasteiger partial charge in [-0.2, -0.15) is 10.1 Å². The van der Waals surface area contributed by atoms with Crippen molar-refractivity contribution in [3.8, 4) is 0 Å². The molecule has 2 aromatic rings. The number of benzene rings is 1. The number of hydrogen-bond donors (Lipinski definition) is 4. The third-order valence-corrected chi connectivity index (χ3v) is 4.72. The molecule has 1 radical (unpaired) electrons. The largest absolute Gasteiger partial charge is 0.395 e. The van der Waals surface area contributed by atoms with Gasteiger partial charge < -0.3 is 5.11 Å². The van der Waals surface area contributed by atoms with Gasteiger partial charge in [0, 0.05) is 17.8 Å². The van der Waals surface area contributed by atoms with Crippen LogP contribution in [0.25, 0.3) is 0 Å². The Morgan fingerprint density at radius 3 is 2.93 bits per heavy atom. The molecule has 0 amide bonds. The number of amidine groups is 1. The van der Waals surface area contributed by atoms with Crippen molar-refractivity contribution in [1.82, 2.24) is 25.5 Å². The topological polar surface area (TPSA) is 94.5 Å². The second-order valence-electron chi connectivity index (χ2n) is 6.95. The number of aliphatic imine (C=N–C) groups is 1. The fourth-order valence-corrected chi connectivity index (χ4v) is 3.28. The predicted octanol–water partition coefficient (Wildman–Crippen LogP) is 1.77. The number of anilines is 1. The molecule has 0 spiro atoms. The van der Waals surface area contributed by atoms with Gasteiger partial charge in [0.15, 0.2) is 12.0 Å². The van der Waals surface area contributed by atoms with Crippen LogP contribution < -0.4 is 15.6 Å². The molecule has 4 N–H and O–H groups in total. The molecule has 4 rings (SSSR count). The monoisotopic (exact) mass is 379 g/mol. The van der Waals surface area contributed by atoms with Gasteiger partial charge in [-0.05, 0) is 30.2 Å². The average molecular weight is 379 g/mol. The number of H-pyrrole nitrogens is 1. The molecular weight excluding hydrogens is 354 g/mol. The fraction of sp³-hybridized carbons (Fsp3) is 0.300. The standard InChI is InChI=1S/C20H25N7O/c1-15-11-18(24-23-15)22-20-13-26(12-19-21-9-10-27(19)20)25-17(14-28)8-7-16-5-3-2-4-6-16/h2-6,9-11,13,17,25,28H,7-8,12,14H2,1H3,(H2,22,23,24)/q+1/t17-/m1/s1. The number of aliphatic hydroxyl groups excluding tert-OH is 1. The maximum atomic E-state index is 9.83. The van der Waals surface area contributed by atoms with Gasteiger partial charge in [0.1, 0.15) is 12.7 Å². The number of hydrogen-bond acceptors (Lipinski definition) is 7. The van der Waals surface area contributed by atoms with Crippen LogP contribution in [0.5, 0.6) is 0 Å². The highest BCUT2D eigenvalue weighted by atomic mass is 16.3. The molecule has 145 valence electrons. The van der Waals surface area contributed by atoms with Crippen molar-refractivity contribution in [2.45, 2.75) is 25.8 Å². The Bertz CT molecular complexity index is 887. The lowest BCUT2D eigenvalue weighted by Gasteiger charge is -2.29. The molecule has 0 bridgehead atoms. The predicted molar refractivity (Wildman–Crippen MR) is 109 cm³/mol. The van der Waals surface area contributed by atoms with E-state index in [-0.39, 0.29) is 12.6 Å². The third-order valence-electron chi connectivity index (χ3n) is 4.72. The maximum absolute atomic E-state index is 9.83. The number of nitrogens with one attached hydrogen (secondary N) is 3. The molecule has 1 aromatic carbocycles. The van der Waals surface area contributed by atoms with Crippen molar-refractivity contribution in [3.63, 3.8) is 0 Å². The molecular formula is C20H25N7O+. The summed E-state index contributed by atoms with van der Waals surface area (Å²) in [6, 6.07) is 12.2. The minimum Gasteiger partial charge on any atom is -0.395 e. The van der Waals surface area contributed by atoms with Gasteiger partial charge in [-0.25, -0.2) is 5.43 Å². The van der Waals surface area contributed by atoms with Crippen LogP contribution in [0.4, 0.5) is 5.82 Å². The molecule has 3 heterocycles. The Morgan fingerprint density at radius 1 is 1.32 bits per heavy atom. The molecule has 0 fully saturated rings. The number of aryl methyl sites for hydroxylation is 2. The van der Waals surface area contributed by atoms with Gasteiger partial charge >= 0.3 is 0 Å². The van der Waals surface area contributed by atoms with E-state index in [9.17, 15) is 5.11 Å². The lowest BCUT2D eigenvalue weighted by Crippen LogP contribution is -2.52. The molecule has 0 saturated carbocycles. The quantitative estimate of drug-likeness (QED) is 0.525. The molecule has 8 heteroatoms. The van der Waals surface area contributed by atoms with Crippen molar-refractivity contribution in [2.75, 3.05) is 18.5 Å². The minimum absolute atomic E-state index is 0.0492. The van der Waals surface area contributed by atoms with Crippen LogP contribution >= 0.6 is 0 Å². The second kappa shape index (κ2) is 8.39. The molecule has 8 nitrogen and oxygen atoms in total. The van der Waals surface area contributed by atoms with E-state index in [2.05, 4.69) is 38.1 Å². The van der Waals surface area contributed by atoms with Gasteiger partial charge in [0.25, 0.3) is 11.7 Å².